The second-order valence-electron chi connectivity index (χ2n) is 5.89. The molecule has 1 fully saturated rings. The number of carbonyl (C=O) groups is 2. The van der Waals surface area contributed by atoms with Gasteiger partial charge in [0.25, 0.3) is 0 Å². The Hall–Kier alpha value is -1.25. The van der Waals surface area contributed by atoms with Gasteiger partial charge in [0.2, 0.25) is 11.8 Å². The minimum absolute atomic E-state index is 0. The molecule has 35 heavy (non-hydrogen) atoms. The van der Waals surface area contributed by atoms with E-state index in [1.54, 1.807) is 30.1 Å². The first-order valence-corrected chi connectivity index (χ1v) is 11.3. The molecule has 0 bridgehead atoms. The van der Waals surface area contributed by atoms with Crippen LogP contribution in [0, 0.1) is 20.5 Å². The number of rotatable bonds is 2. The van der Waals surface area contributed by atoms with Gasteiger partial charge in [-0.05, 0) is 12.1 Å². The average molecular weight is 603 g/mol. The van der Waals surface area contributed by atoms with Crippen molar-refractivity contribution >= 4 is 11.8 Å². The van der Waals surface area contributed by atoms with Crippen LogP contribution < -0.4 is 38.2 Å². The van der Waals surface area contributed by atoms with Crippen molar-refractivity contribution in [2.75, 3.05) is 54.5 Å². The molecule has 1 radical (unpaired) electrons. The summed E-state index contributed by atoms with van der Waals surface area (Å²) >= 11 is 0. The summed E-state index contributed by atoms with van der Waals surface area (Å²) < 4.78 is 65.4. The topological polar surface area (TPSA) is 282 Å². The predicted octanol–water partition coefficient (Wildman–Crippen LogP) is -10.5. The van der Waals surface area contributed by atoms with Gasteiger partial charge in [-0.2, -0.15) is 42.2 Å². The summed E-state index contributed by atoms with van der Waals surface area (Å²) in [4.78, 5) is 33.6. The molecule has 19 heteroatoms. The van der Waals surface area contributed by atoms with E-state index in [9.17, 15) is 9.59 Å². The van der Waals surface area contributed by atoms with Crippen molar-refractivity contribution in [2.45, 2.75) is 6.54 Å². The molecule has 1 aromatic rings. The zero-order chi connectivity index (χ0) is 27.5. The first kappa shape index (κ1) is 40.9. The van der Waals surface area contributed by atoms with E-state index in [1.807, 2.05) is 23.1 Å². The molecule has 0 saturated carbocycles. The third kappa shape index (κ3) is 30.7. The number of amides is 2. The normalized spacial score (nSPS) is 14.5. The molecule has 209 valence electrons. The quantitative estimate of drug-likeness (QED) is 0.297. The summed E-state index contributed by atoms with van der Waals surface area (Å²) in [6, 6.07) is 5.65. The van der Waals surface area contributed by atoms with Gasteiger partial charge < -0.3 is 20.0 Å². The Kier molecular flexibility index (Phi) is 25.7. The fourth-order valence-electron chi connectivity index (χ4n) is 2.06. The van der Waals surface area contributed by atoms with Crippen LogP contribution in [0.4, 0.5) is 0 Å². The van der Waals surface area contributed by atoms with Crippen LogP contribution >= 0.6 is 0 Å². The Morgan fingerprint density at radius 2 is 1.17 bits per heavy atom. The van der Waals surface area contributed by atoms with Crippen LogP contribution in [0.15, 0.2) is 24.4 Å². The number of pyridine rings is 1. The number of hydrogen-bond donors (Lipinski definition) is 2. The maximum absolute atomic E-state index is 12.1. The van der Waals surface area contributed by atoms with Crippen LogP contribution in [-0.4, -0.2) is 95.3 Å². The zero-order valence-corrected chi connectivity index (χ0v) is 21.6. The maximum Gasteiger partial charge on any atom is 2.00 e. The van der Waals surface area contributed by atoms with E-state index in [0.717, 1.165) is 19.9 Å². The molecular weight excluding hydrogens is 575 g/mol. The van der Waals surface area contributed by atoms with Gasteiger partial charge in [-0.3, -0.25) is 19.5 Å². The van der Waals surface area contributed by atoms with Gasteiger partial charge in [-0.25, -0.2) is 0 Å². The number of likely N-dealkylation sites (N-methyl/N-ethyl adjacent to an activating group) is 2. The van der Waals surface area contributed by atoms with Gasteiger partial charge in [0, 0.05) is 39.9 Å². The first-order valence-electron chi connectivity index (χ1n) is 8.74. The molecule has 2 amide bonds. The Balaban J connectivity index is -0.000000268. The van der Waals surface area contributed by atoms with E-state index in [1.165, 1.54) is 0 Å². The van der Waals surface area contributed by atoms with Crippen LogP contribution in [0.25, 0.3) is 0 Å². The summed E-state index contributed by atoms with van der Waals surface area (Å²) in [6.45, 7) is 2.12. The smallest absolute Gasteiger partial charge is 0.857 e. The van der Waals surface area contributed by atoms with Gasteiger partial charge in [-0.15, -0.1) is 0 Å². The van der Waals surface area contributed by atoms with Crippen molar-refractivity contribution in [3.05, 3.63) is 30.1 Å². The van der Waals surface area contributed by atoms with Crippen LogP contribution in [-0.2, 0) is 33.2 Å². The van der Waals surface area contributed by atoms with Gasteiger partial charge in [0.1, 0.15) is 0 Å². The molecule has 2 N–H and O–H groups in total. The van der Waals surface area contributed by atoms with Crippen molar-refractivity contribution in [3.63, 3.8) is 0 Å². The Morgan fingerprint density at radius 1 is 0.829 bits per heavy atom. The summed E-state index contributed by atoms with van der Waals surface area (Å²) in [6.07, 6.45) is 1.72. The number of aromatic nitrogens is 1. The predicted molar refractivity (Wildman–Crippen MR) is 91.1 cm³/mol. The van der Waals surface area contributed by atoms with Gasteiger partial charge in [0.15, 0.2) is 0 Å². The van der Waals surface area contributed by atoms with Crippen molar-refractivity contribution in [1.29, 1.82) is 0 Å². The maximum atomic E-state index is 12.1. The van der Waals surface area contributed by atoms with Crippen LogP contribution in [0.1, 0.15) is 5.69 Å². The summed E-state index contributed by atoms with van der Waals surface area (Å²) in [7, 11) is -4.35. The molecule has 1 aromatic heterocycles. The van der Waals surface area contributed by atoms with E-state index < -0.39 is 20.5 Å². The number of hydrogen-bond acceptors (Lipinski definition) is 14. The monoisotopic (exact) mass is 601 g/mol. The summed E-state index contributed by atoms with van der Waals surface area (Å²) in [5.41, 5.74) is 0.859. The van der Waals surface area contributed by atoms with Crippen LogP contribution in [0.2, 0.25) is 0 Å². The second kappa shape index (κ2) is 22.0. The fourth-order valence-corrected chi connectivity index (χ4v) is 2.06. The minimum Gasteiger partial charge on any atom is -0.857 e. The molecule has 1 saturated heterocycles. The van der Waals surface area contributed by atoms with Crippen molar-refractivity contribution in [2.24, 2.45) is 0 Å². The van der Waals surface area contributed by atoms with Crippen molar-refractivity contribution in [1.82, 2.24) is 19.7 Å². The van der Waals surface area contributed by atoms with E-state index in [4.69, 9.17) is 47.5 Å². The van der Waals surface area contributed by atoms with Crippen molar-refractivity contribution < 1.29 is 94.6 Å². The fraction of sp³-hybridized carbons (Fsp3) is 0.562. The van der Waals surface area contributed by atoms with Crippen LogP contribution in [0.5, 0.6) is 0 Å². The van der Waals surface area contributed by atoms with E-state index in [-0.39, 0.29) is 42.0 Å². The molecule has 2 heterocycles. The van der Waals surface area contributed by atoms with Crippen LogP contribution in [0.3, 0.4) is 0 Å². The van der Waals surface area contributed by atoms with Gasteiger partial charge >= 0.3 is 17.1 Å². The second-order valence-corrected chi connectivity index (χ2v) is 7.47. The molecular formula is C16H28Cl2CuN4O12. The Bertz CT molecular complexity index is 620. The average Bonchev–Trinajstić information content (AvgIpc) is 2.76. The minimum atomic E-state index is -4.69. The Labute approximate surface area is 217 Å². The third-order valence-corrected chi connectivity index (χ3v) is 3.45. The standard InChI is InChI=1S/C14H20N4O2.2CH3O.2ClHO4.Cu/c1-16-7-8-17(2)14(20)11-18(10-13(16)19)9-12-5-3-4-6-15-12;2*1-2;2*2-1(3,4)5;/h3-6H,7-11H2,1-2H3;2*1H3;2*(H,2,3,4,5);/q;2*-1;;;+2. The van der Waals surface area contributed by atoms with Gasteiger partial charge in [0.05, 0.1) is 48.6 Å². The zero-order valence-electron chi connectivity index (χ0n) is 19.2. The number of carbonyl (C=O) groups excluding carboxylic acids is 2. The van der Waals surface area contributed by atoms with E-state index >= 15 is 0 Å². The molecule has 0 atom stereocenters. The van der Waals surface area contributed by atoms with Crippen molar-refractivity contribution in [3.8, 4) is 0 Å². The number of nitrogens with zero attached hydrogens (tertiary/aromatic N) is 4. The molecule has 0 aliphatic carbocycles. The first-order chi connectivity index (χ1) is 15.6. The SMILES string of the molecule is CN1CCN(C)C(=O)CN(Cc2ccccn2)CC1=O.C[O-].C[O-].[Cu+2].[O-][Cl+3]([O-])([O-])O.[O-][Cl+3]([O-])([O-])O. The molecule has 0 unspecified atom stereocenters. The Morgan fingerprint density at radius 3 is 1.46 bits per heavy atom. The summed E-state index contributed by atoms with van der Waals surface area (Å²) in [5, 5.41) is 16.5. The molecule has 16 nitrogen and oxygen atoms in total. The molecule has 0 spiro atoms. The number of halogens is 2. The third-order valence-electron chi connectivity index (χ3n) is 3.45. The molecule has 1 aliphatic heterocycles. The molecule has 1 aliphatic rings. The molecule has 0 aromatic carbocycles. The van der Waals surface area contributed by atoms with E-state index in [0.29, 0.717) is 19.6 Å². The largest absolute Gasteiger partial charge is 2.00 e. The van der Waals surface area contributed by atoms with E-state index in [2.05, 4.69) is 4.98 Å². The van der Waals surface area contributed by atoms with Gasteiger partial charge in [-0.1, -0.05) is 6.07 Å². The molecule has 2 rings (SSSR count). The summed E-state index contributed by atoms with van der Waals surface area (Å²) in [5.74, 6) is 0.0630.